The van der Waals surface area contributed by atoms with Crippen molar-refractivity contribution in [3.63, 3.8) is 0 Å². The first kappa shape index (κ1) is 17.6. The Morgan fingerprint density at radius 2 is 1.81 bits per heavy atom. The van der Waals surface area contributed by atoms with Crippen molar-refractivity contribution >= 4 is 45.9 Å². The molecule has 6 heteroatoms. The Kier molecular flexibility index (Phi) is 4.60. The summed E-state index contributed by atoms with van der Waals surface area (Å²) in [5.41, 5.74) is 4.30. The minimum Gasteiger partial charge on any atom is -0.436 e. The molecule has 134 valence electrons. The summed E-state index contributed by atoms with van der Waals surface area (Å²) in [7, 11) is 0. The molecule has 3 aromatic carbocycles. The molecular formula is C21H14Cl2N2O2. The summed E-state index contributed by atoms with van der Waals surface area (Å²) in [6, 6.07) is 18.0. The fraction of sp³-hybridized carbons (Fsp3) is 0.0476. The van der Waals surface area contributed by atoms with Gasteiger partial charge in [0, 0.05) is 16.8 Å². The number of fused-ring (bicyclic) bond motifs is 1. The highest BCUT2D eigenvalue weighted by atomic mass is 35.5. The Morgan fingerprint density at radius 1 is 1.00 bits per heavy atom. The molecule has 4 aromatic rings. The highest BCUT2D eigenvalue weighted by Crippen LogP contribution is 2.29. The van der Waals surface area contributed by atoms with Gasteiger partial charge in [-0.15, -0.1) is 0 Å². The number of benzene rings is 3. The van der Waals surface area contributed by atoms with E-state index in [1.165, 1.54) is 0 Å². The van der Waals surface area contributed by atoms with E-state index >= 15 is 0 Å². The maximum atomic E-state index is 12.6. The summed E-state index contributed by atoms with van der Waals surface area (Å²) in [5.74, 6) is 0.229. The predicted octanol–water partition coefficient (Wildman–Crippen LogP) is 6.36. The van der Waals surface area contributed by atoms with E-state index in [1.807, 2.05) is 49.4 Å². The minimum absolute atomic E-state index is 0.272. The van der Waals surface area contributed by atoms with Crippen molar-refractivity contribution in [2.45, 2.75) is 6.92 Å². The lowest BCUT2D eigenvalue weighted by Gasteiger charge is -2.10. The van der Waals surface area contributed by atoms with Crippen molar-refractivity contribution in [3.8, 4) is 11.5 Å². The second kappa shape index (κ2) is 7.06. The molecule has 1 heterocycles. The molecule has 0 fully saturated rings. The van der Waals surface area contributed by atoms with Gasteiger partial charge in [0.1, 0.15) is 5.52 Å². The van der Waals surface area contributed by atoms with Crippen LogP contribution in [-0.2, 0) is 0 Å². The van der Waals surface area contributed by atoms with Crippen LogP contribution in [0.4, 0.5) is 5.69 Å². The van der Waals surface area contributed by atoms with Crippen LogP contribution < -0.4 is 5.32 Å². The van der Waals surface area contributed by atoms with Crippen molar-refractivity contribution in [2.24, 2.45) is 0 Å². The number of amides is 1. The summed E-state index contributed by atoms with van der Waals surface area (Å²) in [4.78, 5) is 17.1. The first-order chi connectivity index (χ1) is 13.0. The number of oxazole rings is 1. The molecule has 0 radical (unpaired) electrons. The molecule has 0 unspecified atom stereocenters. The molecule has 0 aliphatic rings. The van der Waals surface area contributed by atoms with Gasteiger partial charge in [-0.05, 0) is 55.0 Å². The zero-order valence-corrected chi connectivity index (χ0v) is 15.8. The molecule has 1 aromatic heterocycles. The highest BCUT2D eigenvalue weighted by Gasteiger charge is 2.13. The van der Waals surface area contributed by atoms with E-state index in [0.717, 1.165) is 22.2 Å². The maximum Gasteiger partial charge on any atom is 0.255 e. The molecule has 0 atom stereocenters. The number of carbonyl (C=O) groups excluding carboxylic acids is 1. The van der Waals surface area contributed by atoms with Gasteiger partial charge in [0.2, 0.25) is 5.89 Å². The van der Waals surface area contributed by atoms with Gasteiger partial charge in [-0.25, -0.2) is 4.98 Å². The predicted molar refractivity (Wildman–Crippen MR) is 109 cm³/mol. The average molecular weight is 397 g/mol. The number of aromatic nitrogens is 1. The van der Waals surface area contributed by atoms with Crippen LogP contribution in [0.25, 0.3) is 22.6 Å². The normalized spacial score (nSPS) is 10.9. The van der Waals surface area contributed by atoms with Gasteiger partial charge >= 0.3 is 0 Å². The molecule has 1 amide bonds. The molecule has 0 bridgehead atoms. The van der Waals surface area contributed by atoms with Crippen molar-refractivity contribution in [1.29, 1.82) is 0 Å². The number of aryl methyl sites for hydroxylation is 1. The first-order valence-corrected chi connectivity index (χ1v) is 9.00. The smallest absolute Gasteiger partial charge is 0.255 e. The molecule has 0 aliphatic heterocycles. The average Bonchev–Trinajstić information content (AvgIpc) is 3.10. The topological polar surface area (TPSA) is 55.1 Å². The number of anilines is 1. The van der Waals surface area contributed by atoms with Gasteiger partial charge in [-0.2, -0.15) is 0 Å². The van der Waals surface area contributed by atoms with E-state index in [1.54, 1.807) is 18.2 Å². The Bertz CT molecular complexity index is 1140. The van der Waals surface area contributed by atoms with E-state index in [9.17, 15) is 4.79 Å². The van der Waals surface area contributed by atoms with Crippen LogP contribution in [0.5, 0.6) is 0 Å². The van der Waals surface area contributed by atoms with E-state index in [4.69, 9.17) is 27.6 Å². The quantitative estimate of drug-likeness (QED) is 0.438. The monoisotopic (exact) mass is 396 g/mol. The Balaban J connectivity index is 1.66. The van der Waals surface area contributed by atoms with E-state index in [2.05, 4.69) is 10.3 Å². The van der Waals surface area contributed by atoms with E-state index < -0.39 is 0 Å². The van der Waals surface area contributed by atoms with Crippen LogP contribution >= 0.6 is 23.2 Å². The van der Waals surface area contributed by atoms with Crippen LogP contribution in [-0.4, -0.2) is 10.9 Å². The van der Waals surface area contributed by atoms with Gasteiger partial charge in [0.15, 0.2) is 5.58 Å². The van der Waals surface area contributed by atoms with Gasteiger partial charge in [-0.1, -0.05) is 41.4 Å². The van der Waals surface area contributed by atoms with Crippen molar-refractivity contribution in [3.05, 3.63) is 81.8 Å². The van der Waals surface area contributed by atoms with E-state index in [-0.39, 0.29) is 5.91 Å². The van der Waals surface area contributed by atoms with Crippen LogP contribution in [0.2, 0.25) is 10.0 Å². The summed E-state index contributed by atoms with van der Waals surface area (Å²) in [6.07, 6.45) is 0. The fourth-order valence-electron chi connectivity index (χ4n) is 2.72. The summed E-state index contributed by atoms with van der Waals surface area (Å²) >= 11 is 11.9. The number of carbonyl (C=O) groups is 1. The van der Waals surface area contributed by atoms with Crippen LogP contribution in [0.1, 0.15) is 15.9 Å². The molecule has 0 aliphatic carbocycles. The maximum absolute atomic E-state index is 12.6. The molecule has 4 rings (SSSR count). The molecule has 0 spiro atoms. The van der Waals surface area contributed by atoms with E-state index in [0.29, 0.717) is 27.2 Å². The number of rotatable bonds is 3. The minimum atomic E-state index is -0.272. The summed E-state index contributed by atoms with van der Waals surface area (Å²) < 4.78 is 5.81. The lowest BCUT2D eigenvalue weighted by Crippen LogP contribution is -2.12. The molecular weight excluding hydrogens is 383 g/mol. The number of para-hydroxylation sites is 2. The fourth-order valence-corrected chi connectivity index (χ4v) is 3.02. The Hall–Kier alpha value is -2.82. The van der Waals surface area contributed by atoms with Crippen LogP contribution in [0, 0.1) is 6.92 Å². The van der Waals surface area contributed by atoms with Crippen molar-refractivity contribution < 1.29 is 9.21 Å². The number of hydrogen-bond donors (Lipinski definition) is 1. The first-order valence-electron chi connectivity index (χ1n) is 8.24. The van der Waals surface area contributed by atoms with Gasteiger partial charge in [0.25, 0.3) is 5.91 Å². The Labute approximate surface area is 165 Å². The van der Waals surface area contributed by atoms with Crippen LogP contribution in [0.15, 0.2) is 65.1 Å². The van der Waals surface area contributed by atoms with Gasteiger partial charge in [-0.3, -0.25) is 4.79 Å². The van der Waals surface area contributed by atoms with Gasteiger partial charge < -0.3 is 9.73 Å². The SMILES string of the molecule is Cc1ccc(-c2nc3ccccc3o2)cc1NC(=O)c1ccc(Cl)c(Cl)c1. The van der Waals surface area contributed by atoms with Gasteiger partial charge in [0.05, 0.1) is 10.0 Å². The third-order valence-electron chi connectivity index (χ3n) is 4.21. The largest absolute Gasteiger partial charge is 0.436 e. The zero-order chi connectivity index (χ0) is 19.0. The third kappa shape index (κ3) is 3.54. The molecule has 27 heavy (non-hydrogen) atoms. The third-order valence-corrected chi connectivity index (χ3v) is 4.95. The standard InChI is InChI=1S/C21H14Cl2N2O2/c1-12-6-7-14(21-25-17-4-2-3-5-19(17)27-21)11-18(12)24-20(26)13-8-9-15(22)16(23)10-13/h2-11H,1H3,(H,24,26). The molecule has 0 saturated heterocycles. The van der Waals surface area contributed by atoms with Crippen LogP contribution in [0.3, 0.4) is 0 Å². The number of nitrogens with zero attached hydrogens (tertiary/aromatic N) is 1. The number of halogens is 2. The summed E-state index contributed by atoms with van der Waals surface area (Å²) in [6.45, 7) is 1.92. The molecule has 0 saturated carbocycles. The second-order valence-electron chi connectivity index (χ2n) is 6.10. The zero-order valence-electron chi connectivity index (χ0n) is 14.3. The lowest BCUT2D eigenvalue weighted by atomic mass is 10.1. The molecule has 1 N–H and O–H groups in total. The Morgan fingerprint density at radius 3 is 2.59 bits per heavy atom. The molecule has 4 nitrogen and oxygen atoms in total. The van der Waals surface area contributed by atoms with Crippen molar-refractivity contribution in [1.82, 2.24) is 4.98 Å². The van der Waals surface area contributed by atoms with Crippen molar-refractivity contribution in [2.75, 3.05) is 5.32 Å². The summed E-state index contributed by atoms with van der Waals surface area (Å²) in [5, 5.41) is 3.65. The lowest BCUT2D eigenvalue weighted by molar-refractivity contribution is 0.102. The number of hydrogen-bond acceptors (Lipinski definition) is 3. The highest BCUT2D eigenvalue weighted by molar-refractivity contribution is 6.42. The second-order valence-corrected chi connectivity index (χ2v) is 6.91. The number of nitrogens with one attached hydrogen (secondary N) is 1.